The summed E-state index contributed by atoms with van der Waals surface area (Å²) in [6.45, 7) is 7.31. The molecule has 0 aromatic heterocycles. The Hall–Kier alpha value is -2.09. The first-order valence-corrected chi connectivity index (χ1v) is 8.18. The van der Waals surface area contributed by atoms with Gasteiger partial charge in [0, 0.05) is 23.2 Å². The van der Waals surface area contributed by atoms with Crippen molar-refractivity contribution in [3.63, 3.8) is 0 Å². The Morgan fingerprint density at radius 3 is 2.59 bits per heavy atom. The summed E-state index contributed by atoms with van der Waals surface area (Å²) in [5, 5.41) is 1.14. The number of unbranched alkanes of at least 4 members (excludes halogenated alkanes) is 1. The van der Waals surface area contributed by atoms with E-state index in [1.165, 1.54) is 5.52 Å². The van der Waals surface area contributed by atoms with E-state index in [1.54, 1.807) is 0 Å². The second kappa shape index (κ2) is 5.96. The monoisotopic (exact) mass is 293 g/mol. The van der Waals surface area contributed by atoms with Crippen LogP contribution >= 0.6 is 0 Å². The van der Waals surface area contributed by atoms with Gasteiger partial charge in [-0.25, -0.2) is 0 Å². The van der Waals surface area contributed by atoms with Crippen LogP contribution in [0.2, 0.25) is 0 Å². The summed E-state index contributed by atoms with van der Waals surface area (Å²) >= 11 is 0. The Balaban J connectivity index is 2.36. The molecule has 0 unspecified atom stereocenters. The van der Waals surface area contributed by atoms with Crippen LogP contribution in [0.15, 0.2) is 47.3 Å². The van der Waals surface area contributed by atoms with E-state index in [4.69, 9.17) is 0 Å². The van der Waals surface area contributed by atoms with Gasteiger partial charge in [0.1, 0.15) is 0 Å². The molecular weight excluding hydrogens is 270 g/mol. The molecule has 0 atom stereocenters. The molecule has 1 aliphatic heterocycles. The van der Waals surface area contributed by atoms with Crippen LogP contribution < -0.4 is 5.43 Å². The number of para-hydroxylation sites is 1. The van der Waals surface area contributed by atoms with Crippen LogP contribution in [-0.4, -0.2) is 4.57 Å². The van der Waals surface area contributed by atoms with E-state index in [9.17, 15) is 4.79 Å². The van der Waals surface area contributed by atoms with Crippen molar-refractivity contribution in [2.75, 3.05) is 0 Å². The summed E-state index contributed by atoms with van der Waals surface area (Å²) < 4.78 is 2.31. The third-order valence-corrected chi connectivity index (χ3v) is 4.38. The van der Waals surface area contributed by atoms with Gasteiger partial charge < -0.3 is 4.57 Å². The van der Waals surface area contributed by atoms with Gasteiger partial charge in [0.2, 0.25) is 0 Å². The predicted molar refractivity (Wildman–Crippen MR) is 93.8 cm³/mol. The number of fused-ring (bicyclic) bond motifs is 2. The SMILES string of the molecule is CCCCn1c2ccc(C(C)C)c(=O)c-2cc2ccccc21. The van der Waals surface area contributed by atoms with E-state index >= 15 is 0 Å². The minimum absolute atomic E-state index is 0.184. The minimum atomic E-state index is 0.184. The van der Waals surface area contributed by atoms with Crippen molar-refractivity contribution in [1.29, 1.82) is 0 Å². The number of aromatic nitrogens is 1. The number of benzene rings is 2. The van der Waals surface area contributed by atoms with Gasteiger partial charge >= 0.3 is 0 Å². The van der Waals surface area contributed by atoms with E-state index in [0.29, 0.717) is 0 Å². The first kappa shape index (κ1) is 14.8. The molecule has 1 aromatic rings. The van der Waals surface area contributed by atoms with Crippen molar-refractivity contribution in [1.82, 2.24) is 4.57 Å². The molecule has 0 saturated carbocycles. The lowest BCUT2D eigenvalue weighted by Gasteiger charge is -2.20. The number of hydrogen-bond donors (Lipinski definition) is 0. The molecule has 0 spiro atoms. The van der Waals surface area contributed by atoms with Crippen LogP contribution in [-0.2, 0) is 6.54 Å². The molecule has 0 fully saturated rings. The van der Waals surface area contributed by atoms with E-state index in [1.807, 2.05) is 12.1 Å². The maximum absolute atomic E-state index is 12.8. The number of pyridine rings is 1. The molecule has 0 amide bonds. The van der Waals surface area contributed by atoms with Gasteiger partial charge in [-0.3, -0.25) is 4.79 Å². The Bertz CT molecular complexity index is 829. The first-order valence-electron chi connectivity index (χ1n) is 8.18. The van der Waals surface area contributed by atoms with Gasteiger partial charge in [-0.15, -0.1) is 0 Å². The van der Waals surface area contributed by atoms with E-state index in [2.05, 4.69) is 55.7 Å². The highest BCUT2D eigenvalue weighted by Gasteiger charge is 2.16. The van der Waals surface area contributed by atoms with Crippen LogP contribution in [0.4, 0.5) is 0 Å². The standard InChI is InChI=1S/C20H23NO/c1-4-5-12-21-18-9-7-6-8-15(18)13-17-19(21)11-10-16(14(2)3)20(17)22/h6-11,13-14H,4-5,12H2,1-3H3. The van der Waals surface area contributed by atoms with Crippen molar-refractivity contribution in [3.05, 3.63) is 58.3 Å². The van der Waals surface area contributed by atoms with E-state index in [0.717, 1.165) is 41.6 Å². The second-order valence-electron chi connectivity index (χ2n) is 6.28. The molecule has 114 valence electrons. The molecular formula is C20H23NO. The fourth-order valence-electron chi connectivity index (χ4n) is 3.13. The van der Waals surface area contributed by atoms with Gasteiger partial charge in [-0.1, -0.05) is 51.5 Å². The molecule has 0 radical (unpaired) electrons. The van der Waals surface area contributed by atoms with Crippen LogP contribution in [0.3, 0.4) is 0 Å². The summed E-state index contributed by atoms with van der Waals surface area (Å²) in [4.78, 5) is 12.8. The molecule has 1 heterocycles. The highest BCUT2D eigenvalue weighted by Crippen LogP contribution is 2.28. The van der Waals surface area contributed by atoms with E-state index < -0.39 is 0 Å². The summed E-state index contributed by atoms with van der Waals surface area (Å²) in [6, 6.07) is 14.5. The van der Waals surface area contributed by atoms with E-state index in [-0.39, 0.29) is 11.3 Å². The largest absolute Gasteiger partial charge is 0.340 e. The maximum atomic E-state index is 12.8. The third-order valence-electron chi connectivity index (χ3n) is 4.38. The highest BCUT2D eigenvalue weighted by atomic mass is 16.1. The van der Waals surface area contributed by atoms with Gasteiger partial charge in [-0.05, 0) is 35.9 Å². The average molecular weight is 293 g/mol. The van der Waals surface area contributed by atoms with Crippen molar-refractivity contribution in [3.8, 4) is 11.3 Å². The number of aryl methyl sites for hydroxylation is 1. The Morgan fingerprint density at radius 1 is 1.09 bits per heavy atom. The minimum Gasteiger partial charge on any atom is -0.340 e. The van der Waals surface area contributed by atoms with Crippen LogP contribution in [0.1, 0.15) is 45.1 Å². The zero-order valence-corrected chi connectivity index (χ0v) is 13.6. The molecule has 22 heavy (non-hydrogen) atoms. The number of rotatable bonds is 4. The lowest BCUT2D eigenvalue weighted by Crippen LogP contribution is -2.17. The molecule has 1 aliphatic carbocycles. The first-order chi connectivity index (χ1) is 10.6. The Labute approximate surface area is 131 Å². The summed E-state index contributed by atoms with van der Waals surface area (Å²) in [5.41, 5.74) is 4.20. The van der Waals surface area contributed by atoms with Gasteiger partial charge in [0.05, 0.1) is 5.69 Å². The smallest absolute Gasteiger partial charge is 0.191 e. The fourth-order valence-corrected chi connectivity index (χ4v) is 3.13. The van der Waals surface area contributed by atoms with Crippen molar-refractivity contribution >= 4 is 10.9 Å². The fraction of sp³-hybridized carbons (Fsp3) is 0.350. The zero-order chi connectivity index (χ0) is 15.7. The number of nitrogens with zero attached hydrogens (tertiary/aromatic N) is 1. The molecule has 2 aliphatic rings. The molecule has 0 saturated heterocycles. The van der Waals surface area contributed by atoms with Gasteiger partial charge in [0.25, 0.3) is 0 Å². The lowest BCUT2D eigenvalue weighted by atomic mass is 9.95. The Kier molecular flexibility index (Phi) is 4.02. The van der Waals surface area contributed by atoms with Gasteiger partial charge in [-0.2, -0.15) is 0 Å². The van der Waals surface area contributed by atoms with Crippen LogP contribution in [0.5, 0.6) is 0 Å². The summed E-state index contributed by atoms with van der Waals surface area (Å²) in [6.07, 6.45) is 2.26. The van der Waals surface area contributed by atoms with Crippen molar-refractivity contribution in [2.24, 2.45) is 0 Å². The van der Waals surface area contributed by atoms with Crippen LogP contribution in [0, 0.1) is 0 Å². The average Bonchev–Trinajstić information content (AvgIpc) is 2.52. The summed E-state index contributed by atoms with van der Waals surface area (Å²) in [5.74, 6) is 0.257. The zero-order valence-electron chi connectivity index (χ0n) is 13.6. The molecule has 2 nitrogen and oxygen atoms in total. The highest BCUT2D eigenvalue weighted by molar-refractivity contribution is 5.86. The van der Waals surface area contributed by atoms with Crippen LogP contribution in [0.25, 0.3) is 22.2 Å². The topological polar surface area (TPSA) is 22.0 Å². The normalized spacial score (nSPS) is 11.6. The molecule has 3 rings (SSSR count). The van der Waals surface area contributed by atoms with Gasteiger partial charge in [0.15, 0.2) is 5.43 Å². The Morgan fingerprint density at radius 2 is 1.86 bits per heavy atom. The third kappa shape index (κ3) is 2.43. The van der Waals surface area contributed by atoms with Crippen molar-refractivity contribution < 1.29 is 0 Å². The predicted octanol–water partition coefficient (Wildman–Crippen LogP) is 5.03. The molecule has 0 bridgehead atoms. The second-order valence-corrected chi connectivity index (χ2v) is 6.28. The maximum Gasteiger partial charge on any atom is 0.191 e. The molecule has 1 aromatic carbocycles. The molecule has 2 heteroatoms. The number of hydrogen-bond acceptors (Lipinski definition) is 1. The lowest BCUT2D eigenvalue weighted by molar-refractivity contribution is 0.650. The quantitative estimate of drug-likeness (QED) is 0.618. The molecule has 0 N–H and O–H groups in total. The van der Waals surface area contributed by atoms with Crippen molar-refractivity contribution in [2.45, 2.75) is 46.1 Å². The summed E-state index contributed by atoms with van der Waals surface area (Å²) in [7, 11) is 0.